The Hall–Kier alpha value is -8.36. The monoisotopic (exact) mass is 1080 g/mol. The Morgan fingerprint density at radius 3 is 1.33 bits per heavy atom. The molecule has 0 N–H and O–H groups in total. The van der Waals surface area contributed by atoms with E-state index in [0.717, 1.165) is 19.3 Å². The molecule has 0 spiro atoms. The third kappa shape index (κ3) is 6.73. The van der Waals surface area contributed by atoms with Gasteiger partial charge in [-0.25, -0.2) is 0 Å². The van der Waals surface area contributed by atoms with Crippen molar-refractivity contribution in [2.45, 2.75) is 26.2 Å². The van der Waals surface area contributed by atoms with Crippen LogP contribution in [-0.4, -0.2) is 9.13 Å². The van der Waals surface area contributed by atoms with E-state index < -0.39 is 0 Å². The van der Waals surface area contributed by atoms with Crippen molar-refractivity contribution in [3.63, 3.8) is 0 Å². The number of fused-ring (bicyclic) bond motifs is 18. The molecule has 16 aromatic rings. The second kappa shape index (κ2) is 16.8. The van der Waals surface area contributed by atoms with E-state index in [0.29, 0.717) is 5.92 Å². The highest BCUT2D eigenvalue weighted by atomic mass is 32.1. The molecule has 1 unspecified atom stereocenters. The zero-order valence-electron chi connectivity index (χ0n) is 43.0. The molecule has 6 heteroatoms. The summed E-state index contributed by atoms with van der Waals surface area (Å²) in [5.41, 5.74) is 17.5. The summed E-state index contributed by atoms with van der Waals surface area (Å²) in [6.45, 7) is 2.33. The van der Waals surface area contributed by atoms with Gasteiger partial charge in [-0.05, 0) is 202 Å². The molecule has 79 heavy (non-hydrogen) atoms. The molecule has 0 radical (unpaired) electrons. The zero-order valence-corrected chi connectivity index (χ0v) is 46.3. The standard InChI is InChI=1S/C73H46N2S4/c1-41-14-27-69-57(32-41)59-38-47(20-29-71(59)79-69)45-18-26-65-56(36-45)54-34-43(16-24-63(54)75(65)49-22-31-73-61(40-49)52-10-4-7-13-68(52)78-73)42-15-23-62-53(33-42)55-35-44(46-19-28-70-58(37-46)50-8-2-5-11-66(50)76-70)17-25-64(55)74(62)48-21-30-72-60(39-48)51-9-3-6-12-67(51)77-72/h2-4,6-10,12-31,33-41H,5,11,32H2,1H3. The SMILES string of the molecule is CC1C=Cc2sc3ccc(-c4ccc5c(c4)c4cc(-c6ccc7c(c6)c6cc(-c8ccc9sc%10c(c9c8)C=CCC%10)ccc6n7-c6ccc7sc8ccccc8c7c6)ccc4n5-c4ccc5sc6ccccc6c5c4)cc3c2C1. The molecule has 2 nitrogen and oxygen atoms in total. The minimum absolute atomic E-state index is 0.548. The lowest BCUT2D eigenvalue weighted by molar-refractivity contribution is 0.724. The smallest absolute Gasteiger partial charge is 0.0541 e. The number of rotatable bonds is 5. The van der Waals surface area contributed by atoms with E-state index in [1.807, 2.05) is 45.3 Å². The van der Waals surface area contributed by atoms with Gasteiger partial charge in [-0.15, -0.1) is 45.3 Å². The van der Waals surface area contributed by atoms with Crippen LogP contribution in [0, 0.1) is 5.92 Å². The summed E-state index contributed by atoms with van der Waals surface area (Å²) in [4.78, 5) is 2.92. The van der Waals surface area contributed by atoms with Gasteiger partial charge in [0.1, 0.15) is 0 Å². The summed E-state index contributed by atoms with van der Waals surface area (Å²) in [5, 5.41) is 13.0. The lowest BCUT2D eigenvalue weighted by Crippen LogP contribution is -2.00. The molecule has 18 rings (SSSR count). The van der Waals surface area contributed by atoms with Gasteiger partial charge in [0, 0.05) is 97.8 Å². The average Bonchev–Trinajstić information content (AvgIpc) is 4.54. The van der Waals surface area contributed by atoms with Crippen molar-refractivity contribution >= 4 is 162 Å². The molecule has 1 atom stereocenters. The van der Waals surface area contributed by atoms with Crippen molar-refractivity contribution < 1.29 is 0 Å². The van der Waals surface area contributed by atoms with Crippen molar-refractivity contribution in [2.24, 2.45) is 5.92 Å². The van der Waals surface area contributed by atoms with Gasteiger partial charge in [0.2, 0.25) is 0 Å². The van der Waals surface area contributed by atoms with Crippen LogP contribution in [0.1, 0.15) is 34.2 Å². The molecular weight excluding hydrogens is 1030 g/mol. The molecule has 2 aliphatic carbocycles. The van der Waals surface area contributed by atoms with E-state index >= 15 is 0 Å². The minimum Gasteiger partial charge on any atom is -0.309 e. The van der Waals surface area contributed by atoms with Crippen LogP contribution in [0.25, 0.3) is 161 Å². The second-order valence-corrected chi connectivity index (χ2v) is 26.3. The molecule has 0 bridgehead atoms. The summed E-state index contributed by atoms with van der Waals surface area (Å²) in [6, 6.07) is 74.8. The Kier molecular flexibility index (Phi) is 9.50. The van der Waals surface area contributed by atoms with E-state index in [2.05, 4.69) is 234 Å². The summed E-state index contributed by atoms with van der Waals surface area (Å²) in [7, 11) is 0. The molecule has 0 saturated heterocycles. The van der Waals surface area contributed by atoms with E-state index in [4.69, 9.17) is 0 Å². The van der Waals surface area contributed by atoms with Crippen LogP contribution in [0.15, 0.2) is 206 Å². The maximum atomic E-state index is 2.50. The van der Waals surface area contributed by atoms with Gasteiger partial charge in [0.25, 0.3) is 0 Å². The molecular formula is C73H46N2S4. The first-order valence-corrected chi connectivity index (χ1v) is 30.7. The Morgan fingerprint density at radius 2 is 0.797 bits per heavy atom. The molecule has 2 aliphatic rings. The van der Waals surface area contributed by atoms with E-state index in [1.165, 1.54) is 170 Å². The molecule has 0 fully saturated rings. The number of thiophene rings is 4. The highest BCUT2D eigenvalue weighted by Gasteiger charge is 2.22. The maximum Gasteiger partial charge on any atom is 0.0541 e. The number of hydrogen-bond acceptors (Lipinski definition) is 4. The van der Waals surface area contributed by atoms with Crippen LogP contribution in [0.4, 0.5) is 0 Å². The van der Waals surface area contributed by atoms with Gasteiger partial charge in [0.05, 0.1) is 22.1 Å². The highest BCUT2D eigenvalue weighted by Crippen LogP contribution is 2.46. The summed E-state index contributed by atoms with van der Waals surface area (Å²) >= 11 is 7.64. The van der Waals surface area contributed by atoms with E-state index in [-0.39, 0.29) is 0 Å². The van der Waals surface area contributed by atoms with Crippen LogP contribution in [0.2, 0.25) is 0 Å². The first kappa shape index (κ1) is 44.6. The number of aryl methyl sites for hydroxylation is 1. The van der Waals surface area contributed by atoms with Crippen molar-refractivity contribution in [1.29, 1.82) is 0 Å². The number of hydrogen-bond donors (Lipinski definition) is 0. The molecule has 6 heterocycles. The molecule has 372 valence electrons. The molecule has 10 aromatic carbocycles. The lowest BCUT2D eigenvalue weighted by atomic mass is 9.92. The van der Waals surface area contributed by atoms with E-state index in [9.17, 15) is 0 Å². The van der Waals surface area contributed by atoms with Gasteiger partial charge >= 0.3 is 0 Å². The third-order valence-electron chi connectivity index (χ3n) is 17.3. The lowest BCUT2D eigenvalue weighted by Gasteiger charge is -2.12. The van der Waals surface area contributed by atoms with Crippen LogP contribution >= 0.6 is 45.3 Å². The number of aromatic nitrogens is 2. The van der Waals surface area contributed by atoms with Crippen molar-refractivity contribution in [3.05, 3.63) is 227 Å². The molecule has 0 aliphatic heterocycles. The van der Waals surface area contributed by atoms with Crippen molar-refractivity contribution in [1.82, 2.24) is 9.13 Å². The first-order valence-electron chi connectivity index (χ1n) is 27.5. The highest BCUT2D eigenvalue weighted by molar-refractivity contribution is 7.26. The zero-order chi connectivity index (χ0) is 51.6. The van der Waals surface area contributed by atoms with Gasteiger partial charge in [0.15, 0.2) is 0 Å². The predicted molar refractivity (Wildman–Crippen MR) is 347 cm³/mol. The Labute approximate surface area is 471 Å². The number of nitrogens with zero attached hydrogens (tertiary/aromatic N) is 2. The second-order valence-electron chi connectivity index (χ2n) is 21.9. The molecule has 6 aromatic heterocycles. The molecule has 0 amide bonds. The van der Waals surface area contributed by atoms with Gasteiger partial charge < -0.3 is 9.13 Å². The maximum absolute atomic E-state index is 2.50. The average molecular weight is 1080 g/mol. The number of benzene rings is 10. The minimum atomic E-state index is 0.548. The van der Waals surface area contributed by atoms with Crippen molar-refractivity contribution in [2.75, 3.05) is 0 Å². The van der Waals surface area contributed by atoms with Gasteiger partial charge in [-0.1, -0.05) is 97.9 Å². The van der Waals surface area contributed by atoms with E-state index in [1.54, 1.807) is 0 Å². The van der Waals surface area contributed by atoms with Crippen LogP contribution in [0.3, 0.4) is 0 Å². The normalized spacial score (nSPS) is 14.5. The fourth-order valence-corrected chi connectivity index (χ4v) is 18.0. The van der Waals surface area contributed by atoms with Crippen LogP contribution in [-0.2, 0) is 12.8 Å². The Morgan fingerprint density at radius 1 is 0.367 bits per heavy atom. The third-order valence-corrected chi connectivity index (χ3v) is 22.0. The Balaban J connectivity index is 0.841. The van der Waals surface area contributed by atoms with Gasteiger partial charge in [-0.3, -0.25) is 0 Å². The quantitative estimate of drug-likeness (QED) is 0.163. The van der Waals surface area contributed by atoms with Crippen molar-refractivity contribution in [3.8, 4) is 44.8 Å². The van der Waals surface area contributed by atoms with Crippen LogP contribution in [0.5, 0.6) is 0 Å². The summed E-state index contributed by atoms with van der Waals surface area (Å²) in [5.74, 6) is 0.548. The largest absolute Gasteiger partial charge is 0.309 e. The summed E-state index contributed by atoms with van der Waals surface area (Å²) in [6.07, 6.45) is 12.7. The van der Waals surface area contributed by atoms with Crippen LogP contribution < -0.4 is 0 Å². The summed E-state index contributed by atoms with van der Waals surface area (Å²) < 4.78 is 13.0. The van der Waals surface area contributed by atoms with Gasteiger partial charge in [-0.2, -0.15) is 0 Å². The fraction of sp³-hybridized carbons (Fsp3) is 0.0685. The Bertz CT molecular complexity index is 5390. The topological polar surface area (TPSA) is 9.86 Å². The predicted octanol–water partition coefficient (Wildman–Crippen LogP) is 22.2. The molecule has 0 saturated carbocycles. The first-order chi connectivity index (χ1) is 39.0. The fourth-order valence-electron chi connectivity index (χ4n) is 13.5. The number of allylic oxidation sites excluding steroid dienone is 2.